The van der Waals surface area contributed by atoms with Gasteiger partial charge >= 0.3 is 0 Å². The molecule has 1 aliphatic heterocycles. The van der Waals surface area contributed by atoms with Crippen LogP contribution in [0.2, 0.25) is 0 Å². The van der Waals surface area contributed by atoms with Crippen molar-refractivity contribution >= 4 is 10.9 Å². The summed E-state index contributed by atoms with van der Waals surface area (Å²) < 4.78 is 27.2. The average molecular weight is 429 g/mol. The molecule has 5 rings (SSSR count). The fourth-order valence-corrected chi connectivity index (χ4v) is 4.22. The molecule has 2 aromatic carbocycles. The number of nitrogens with one attached hydrogen (secondary N) is 1. The highest BCUT2D eigenvalue weighted by Gasteiger charge is 2.35. The molecule has 32 heavy (non-hydrogen) atoms. The number of allylic oxidation sites excluding steroid dienone is 1. The molecule has 0 radical (unpaired) electrons. The predicted molar refractivity (Wildman–Crippen MR) is 116 cm³/mol. The summed E-state index contributed by atoms with van der Waals surface area (Å²) >= 11 is 0. The number of para-hydroxylation sites is 2. The van der Waals surface area contributed by atoms with E-state index in [4.69, 9.17) is 15.2 Å². The Labute approximate surface area is 183 Å². The molecule has 0 saturated carbocycles. The van der Waals surface area contributed by atoms with Gasteiger partial charge in [-0.3, -0.25) is 5.10 Å². The zero-order chi connectivity index (χ0) is 22.2. The zero-order valence-electron chi connectivity index (χ0n) is 17.3. The number of halogens is 1. The van der Waals surface area contributed by atoms with E-state index in [1.807, 2.05) is 42.0 Å². The number of aryl methyl sites for hydroxylation is 1. The molecule has 160 valence electrons. The first-order valence-corrected chi connectivity index (χ1v) is 10.2. The molecule has 0 amide bonds. The average Bonchev–Trinajstić information content (AvgIpc) is 3.35. The predicted octanol–water partition coefficient (Wildman–Crippen LogP) is 4.11. The Morgan fingerprint density at radius 2 is 2.03 bits per heavy atom. The van der Waals surface area contributed by atoms with Crippen LogP contribution in [-0.2, 0) is 6.54 Å². The van der Waals surface area contributed by atoms with Gasteiger partial charge in [-0.25, -0.2) is 4.39 Å². The van der Waals surface area contributed by atoms with Crippen molar-refractivity contribution < 1.29 is 13.9 Å². The highest BCUT2D eigenvalue weighted by molar-refractivity contribution is 5.86. The van der Waals surface area contributed by atoms with Gasteiger partial charge in [-0.1, -0.05) is 30.3 Å². The van der Waals surface area contributed by atoms with Gasteiger partial charge in [0.15, 0.2) is 11.6 Å². The maximum absolute atomic E-state index is 13.9. The number of benzene rings is 2. The van der Waals surface area contributed by atoms with E-state index in [0.29, 0.717) is 18.0 Å². The third kappa shape index (κ3) is 3.15. The summed E-state index contributed by atoms with van der Waals surface area (Å²) in [6.45, 7) is 2.67. The van der Waals surface area contributed by atoms with Gasteiger partial charge in [-0.15, -0.1) is 5.10 Å². The summed E-state index contributed by atoms with van der Waals surface area (Å²) in [5.41, 5.74) is 9.91. The Morgan fingerprint density at radius 1 is 1.25 bits per heavy atom. The van der Waals surface area contributed by atoms with Gasteiger partial charge in [-0.05, 0) is 30.7 Å². The third-order valence-corrected chi connectivity index (χ3v) is 5.69. The molecule has 7 nitrogen and oxygen atoms in total. The van der Waals surface area contributed by atoms with Crippen LogP contribution in [0.5, 0.6) is 11.6 Å². The standard InChI is InChI=1S/C24H20FN5O2/c1-14-21-22(16(12-26)23(27)32-24(21)29-28-14)17-13-30(19-8-4-2-6-15(17)19)10-11-31-20-9-5-3-7-18(20)25/h2-9,13,22H,10-11,27H2,1H3,(H,28,29). The Hall–Kier alpha value is -4.25. The Morgan fingerprint density at radius 3 is 2.84 bits per heavy atom. The van der Waals surface area contributed by atoms with Gasteiger partial charge in [0.05, 0.1) is 12.5 Å². The van der Waals surface area contributed by atoms with Crippen LogP contribution >= 0.6 is 0 Å². The number of aromatic nitrogens is 3. The van der Waals surface area contributed by atoms with Crippen LogP contribution < -0.4 is 15.2 Å². The lowest BCUT2D eigenvalue weighted by Crippen LogP contribution is -2.21. The Bertz CT molecular complexity index is 1400. The number of rotatable bonds is 5. The lowest BCUT2D eigenvalue weighted by atomic mass is 9.84. The summed E-state index contributed by atoms with van der Waals surface area (Å²) in [5, 5.41) is 18.0. The minimum atomic E-state index is -0.416. The molecular formula is C24H20FN5O2. The molecule has 0 aliphatic carbocycles. The molecule has 1 unspecified atom stereocenters. The molecule has 3 heterocycles. The van der Waals surface area contributed by atoms with Crippen molar-refractivity contribution in [2.24, 2.45) is 5.73 Å². The Balaban J connectivity index is 1.55. The normalized spacial score (nSPS) is 15.3. The van der Waals surface area contributed by atoms with Crippen LogP contribution in [0.1, 0.15) is 22.7 Å². The van der Waals surface area contributed by atoms with Crippen molar-refractivity contribution in [1.29, 1.82) is 5.26 Å². The molecule has 1 aliphatic rings. The van der Waals surface area contributed by atoms with E-state index in [1.54, 1.807) is 18.2 Å². The molecule has 2 aromatic heterocycles. The number of H-pyrrole nitrogens is 1. The number of aromatic amines is 1. The van der Waals surface area contributed by atoms with Gasteiger partial charge in [0.1, 0.15) is 18.2 Å². The van der Waals surface area contributed by atoms with Crippen molar-refractivity contribution in [3.63, 3.8) is 0 Å². The van der Waals surface area contributed by atoms with Crippen LogP contribution in [-0.4, -0.2) is 21.4 Å². The number of hydrogen-bond donors (Lipinski definition) is 2. The second-order valence-electron chi connectivity index (χ2n) is 7.57. The summed E-state index contributed by atoms with van der Waals surface area (Å²) in [6.07, 6.45) is 1.99. The fourth-order valence-electron chi connectivity index (χ4n) is 4.22. The second-order valence-corrected chi connectivity index (χ2v) is 7.57. The number of fused-ring (bicyclic) bond motifs is 2. The lowest BCUT2D eigenvalue weighted by Gasteiger charge is -2.23. The van der Waals surface area contributed by atoms with Crippen molar-refractivity contribution in [3.8, 4) is 17.7 Å². The Kier molecular flexibility index (Phi) is 4.79. The molecule has 1 atom stereocenters. The number of nitrogens with two attached hydrogens (primary N) is 1. The van der Waals surface area contributed by atoms with E-state index < -0.39 is 11.7 Å². The first-order chi connectivity index (χ1) is 15.6. The molecule has 0 bridgehead atoms. The number of hydrogen-bond acceptors (Lipinski definition) is 5. The quantitative estimate of drug-likeness (QED) is 0.497. The van der Waals surface area contributed by atoms with Gasteiger partial charge in [0, 0.05) is 28.4 Å². The van der Waals surface area contributed by atoms with E-state index in [0.717, 1.165) is 27.7 Å². The van der Waals surface area contributed by atoms with Crippen LogP contribution in [0, 0.1) is 24.1 Å². The van der Waals surface area contributed by atoms with E-state index in [-0.39, 0.29) is 18.2 Å². The number of nitrogens with zero attached hydrogens (tertiary/aromatic N) is 3. The summed E-state index contributed by atoms with van der Waals surface area (Å²) in [4.78, 5) is 0. The van der Waals surface area contributed by atoms with Crippen molar-refractivity contribution in [1.82, 2.24) is 14.8 Å². The highest BCUT2D eigenvalue weighted by atomic mass is 19.1. The minimum absolute atomic E-state index is 0.0521. The van der Waals surface area contributed by atoms with Crippen molar-refractivity contribution in [2.75, 3.05) is 6.61 Å². The first-order valence-electron chi connectivity index (χ1n) is 10.2. The highest BCUT2D eigenvalue weighted by Crippen LogP contribution is 2.45. The number of ether oxygens (including phenoxy) is 2. The SMILES string of the molecule is Cc1[nH]nc2c1C(c1cn(CCOc3ccccc3F)c3ccccc13)C(C#N)=C(N)O2. The van der Waals surface area contributed by atoms with Crippen LogP contribution in [0.3, 0.4) is 0 Å². The zero-order valence-corrected chi connectivity index (χ0v) is 17.3. The maximum atomic E-state index is 13.9. The first kappa shape index (κ1) is 19.7. The van der Waals surface area contributed by atoms with E-state index >= 15 is 0 Å². The van der Waals surface area contributed by atoms with Crippen molar-refractivity contribution in [3.05, 3.63) is 88.8 Å². The maximum Gasteiger partial charge on any atom is 0.244 e. The third-order valence-electron chi connectivity index (χ3n) is 5.69. The second kappa shape index (κ2) is 7.78. The lowest BCUT2D eigenvalue weighted by molar-refractivity contribution is 0.286. The van der Waals surface area contributed by atoms with E-state index in [9.17, 15) is 9.65 Å². The van der Waals surface area contributed by atoms with Crippen molar-refractivity contribution in [2.45, 2.75) is 19.4 Å². The largest absolute Gasteiger partial charge is 0.489 e. The summed E-state index contributed by atoms with van der Waals surface area (Å²) in [7, 11) is 0. The monoisotopic (exact) mass is 429 g/mol. The molecular weight excluding hydrogens is 409 g/mol. The summed E-state index contributed by atoms with van der Waals surface area (Å²) in [5.74, 6) is -0.161. The number of nitriles is 1. The van der Waals surface area contributed by atoms with Crippen LogP contribution in [0.15, 0.2) is 66.2 Å². The fraction of sp³-hybridized carbons (Fsp3) is 0.167. The van der Waals surface area contributed by atoms with Gasteiger partial charge < -0.3 is 19.8 Å². The molecule has 4 aromatic rings. The molecule has 8 heteroatoms. The van der Waals surface area contributed by atoms with E-state index in [2.05, 4.69) is 16.3 Å². The summed E-state index contributed by atoms with van der Waals surface area (Å²) in [6, 6.07) is 16.5. The van der Waals surface area contributed by atoms with Gasteiger partial charge in [0.2, 0.25) is 11.8 Å². The molecule has 0 spiro atoms. The molecule has 0 fully saturated rings. The smallest absolute Gasteiger partial charge is 0.244 e. The minimum Gasteiger partial charge on any atom is -0.489 e. The molecule has 0 saturated heterocycles. The molecule has 3 N–H and O–H groups in total. The van der Waals surface area contributed by atoms with Crippen LogP contribution in [0.4, 0.5) is 4.39 Å². The van der Waals surface area contributed by atoms with Gasteiger partial charge in [-0.2, -0.15) is 5.26 Å². The van der Waals surface area contributed by atoms with E-state index in [1.165, 1.54) is 6.07 Å². The van der Waals surface area contributed by atoms with Gasteiger partial charge in [0.25, 0.3) is 0 Å². The topological polar surface area (TPSA) is 102 Å². The van der Waals surface area contributed by atoms with Crippen LogP contribution in [0.25, 0.3) is 10.9 Å².